The van der Waals surface area contributed by atoms with E-state index in [-0.39, 0.29) is 5.97 Å². The van der Waals surface area contributed by atoms with Gasteiger partial charge in [-0.15, -0.1) is 11.3 Å². The van der Waals surface area contributed by atoms with E-state index in [0.29, 0.717) is 0 Å². The molecule has 1 rings (SSSR count). The van der Waals surface area contributed by atoms with E-state index >= 15 is 0 Å². The largest absolute Gasteiger partial charge is 0.465 e. The van der Waals surface area contributed by atoms with Gasteiger partial charge in [-0.05, 0) is 25.3 Å². The number of hydrogen-bond acceptors (Lipinski definition) is 3. The quantitative estimate of drug-likeness (QED) is 0.566. The average molecular weight is 226 g/mol. The molecule has 84 valence electrons. The molecule has 0 aromatic carbocycles. The predicted molar refractivity (Wildman–Crippen MR) is 63.6 cm³/mol. The molecule has 1 aromatic heterocycles. The summed E-state index contributed by atoms with van der Waals surface area (Å²) in [5, 5.41) is 1.91. The second kappa shape index (κ2) is 5.91. The van der Waals surface area contributed by atoms with Crippen LogP contribution in [0.5, 0.6) is 0 Å². The van der Waals surface area contributed by atoms with Crippen LogP contribution in [0.2, 0.25) is 0 Å². The second-order valence-corrected chi connectivity index (χ2v) is 4.61. The maximum atomic E-state index is 11.4. The molecule has 3 heteroatoms. The van der Waals surface area contributed by atoms with Gasteiger partial charge in [0.05, 0.1) is 12.7 Å². The molecule has 0 aliphatic heterocycles. The first-order valence-corrected chi connectivity index (χ1v) is 6.24. The van der Waals surface area contributed by atoms with Crippen molar-refractivity contribution in [3.05, 3.63) is 21.4 Å². The summed E-state index contributed by atoms with van der Waals surface area (Å²) in [6.45, 7) is 4.20. The van der Waals surface area contributed by atoms with E-state index in [1.54, 1.807) is 11.3 Å². The molecule has 0 saturated carbocycles. The molecule has 0 unspecified atom stereocenters. The number of ether oxygens (including phenoxy) is 1. The Hall–Kier alpha value is -0.830. The van der Waals surface area contributed by atoms with Gasteiger partial charge in [-0.1, -0.05) is 19.8 Å². The highest BCUT2D eigenvalue weighted by Crippen LogP contribution is 2.24. The highest BCUT2D eigenvalue weighted by Gasteiger charge is 2.13. The van der Waals surface area contributed by atoms with Crippen molar-refractivity contribution < 1.29 is 9.53 Å². The Morgan fingerprint density at radius 2 is 2.20 bits per heavy atom. The molecule has 0 saturated heterocycles. The average Bonchev–Trinajstić information content (AvgIpc) is 2.60. The Morgan fingerprint density at radius 3 is 2.80 bits per heavy atom. The van der Waals surface area contributed by atoms with Crippen LogP contribution in [0.15, 0.2) is 5.38 Å². The molecule has 0 fully saturated rings. The van der Waals surface area contributed by atoms with E-state index in [1.807, 2.05) is 12.3 Å². The molecule has 0 N–H and O–H groups in total. The molecule has 0 amide bonds. The van der Waals surface area contributed by atoms with E-state index in [2.05, 4.69) is 6.92 Å². The van der Waals surface area contributed by atoms with Crippen LogP contribution in [-0.4, -0.2) is 13.1 Å². The van der Waals surface area contributed by atoms with E-state index in [4.69, 9.17) is 4.74 Å². The van der Waals surface area contributed by atoms with Crippen molar-refractivity contribution in [3.8, 4) is 0 Å². The Kier molecular flexibility index (Phi) is 4.82. The van der Waals surface area contributed by atoms with Crippen molar-refractivity contribution in [2.24, 2.45) is 0 Å². The van der Waals surface area contributed by atoms with Crippen LogP contribution in [0.1, 0.15) is 47.0 Å². The molecule has 15 heavy (non-hydrogen) atoms. The van der Waals surface area contributed by atoms with Gasteiger partial charge in [0.1, 0.15) is 0 Å². The lowest BCUT2D eigenvalue weighted by molar-refractivity contribution is 0.0600. The lowest BCUT2D eigenvalue weighted by Crippen LogP contribution is -2.01. The number of carbonyl (C=O) groups is 1. The van der Waals surface area contributed by atoms with E-state index in [9.17, 15) is 4.79 Å². The van der Waals surface area contributed by atoms with Crippen LogP contribution in [0, 0.1) is 6.92 Å². The van der Waals surface area contributed by atoms with Gasteiger partial charge in [0.2, 0.25) is 0 Å². The van der Waals surface area contributed by atoms with E-state index in [1.165, 1.54) is 31.2 Å². The Balaban J connectivity index is 2.67. The number of esters is 1. The molecule has 1 aromatic rings. The van der Waals surface area contributed by atoms with Crippen molar-refractivity contribution in [2.75, 3.05) is 7.11 Å². The van der Waals surface area contributed by atoms with Crippen LogP contribution in [-0.2, 0) is 11.2 Å². The predicted octanol–water partition coefficient (Wildman–Crippen LogP) is 3.58. The SMILES string of the molecule is CCCCCc1scc(C(=O)OC)c1C. The highest BCUT2D eigenvalue weighted by molar-refractivity contribution is 7.10. The monoisotopic (exact) mass is 226 g/mol. The van der Waals surface area contributed by atoms with Crippen LogP contribution in [0.25, 0.3) is 0 Å². The van der Waals surface area contributed by atoms with Gasteiger partial charge >= 0.3 is 5.97 Å². The standard InChI is InChI=1S/C12H18O2S/c1-4-5-6-7-11-9(2)10(8-15-11)12(13)14-3/h8H,4-7H2,1-3H3. The lowest BCUT2D eigenvalue weighted by Gasteiger charge is -2.00. The molecular weight excluding hydrogens is 208 g/mol. The first-order chi connectivity index (χ1) is 7.20. The smallest absolute Gasteiger partial charge is 0.338 e. The normalized spacial score (nSPS) is 10.3. The third-order valence-corrected chi connectivity index (χ3v) is 3.70. The third-order valence-electron chi connectivity index (χ3n) is 2.55. The summed E-state index contributed by atoms with van der Waals surface area (Å²) in [7, 11) is 1.43. The summed E-state index contributed by atoms with van der Waals surface area (Å²) in [6.07, 6.45) is 4.78. The number of aryl methyl sites for hydroxylation is 1. The van der Waals surface area contributed by atoms with Crippen molar-refractivity contribution in [2.45, 2.75) is 39.5 Å². The van der Waals surface area contributed by atoms with Gasteiger partial charge in [0.15, 0.2) is 0 Å². The first kappa shape index (κ1) is 12.2. The van der Waals surface area contributed by atoms with E-state index < -0.39 is 0 Å². The zero-order chi connectivity index (χ0) is 11.3. The molecule has 0 bridgehead atoms. The van der Waals surface area contributed by atoms with Crippen molar-refractivity contribution in [1.29, 1.82) is 0 Å². The van der Waals surface area contributed by atoms with Gasteiger partial charge in [-0.3, -0.25) is 0 Å². The second-order valence-electron chi connectivity index (χ2n) is 3.65. The Labute approximate surface area is 95.3 Å². The fourth-order valence-electron chi connectivity index (χ4n) is 1.55. The fraction of sp³-hybridized carbons (Fsp3) is 0.583. The van der Waals surface area contributed by atoms with Gasteiger partial charge in [0.25, 0.3) is 0 Å². The Bertz CT molecular complexity index is 328. The highest BCUT2D eigenvalue weighted by atomic mass is 32.1. The zero-order valence-electron chi connectivity index (χ0n) is 9.63. The number of methoxy groups -OCH3 is 1. The Morgan fingerprint density at radius 1 is 1.47 bits per heavy atom. The molecule has 0 atom stereocenters. The summed E-state index contributed by atoms with van der Waals surface area (Å²) in [4.78, 5) is 12.7. The van der Waals surface area contributed by atoms with Gasteiger partial charge in [0, 0.05) is 10.3 Å². The number of thiophene rings is 1. The molecular formula is C12H18O2S. The summed E-state index contributed by atoms with van der Waals surface area (Å²) >= 11 is 1.67. The molecule has 1 heterocycles. The minimum absolute atomic E-state index is 0.217. The minimum Gasteiger partial charge on any atom is -0.465 e. The molecule has 0 spiro atoms. The fourth-order valence-corrected chi connectivity index (χ4v) is 2.63. The lowest BCUT2D eigenvalue weighted by atomic mass is 10.1. The van der Waals surface area contributed by atoms with Crippen molar-refractivity contribution in [1.82, 2.24) is 0 Å². The molecule has 0 radical (unpaired) electrons. The molecule has 0 aliphatic carbocycles. The van der Waals surface area contributed by atoms with Gasteiger partial charge in [-0.25, -0.2) is 4.79 Å². The number of hydrogen-bond donors (Lipinski definition) is 0. The third kappa shape index (κ3) is 3.06. The van der Waals surface area contributed by atoms with Crippen molar-refractivity contribution in [3.63, 3.8) is 0 Å². The summed E-state index contributed by atoms with van der Waals surface area (Å²) in [5.74, 6) is -0.217. The number of unbranched alkanes of at least 4 members (excludes halogenated alkanes) is 2. The minimum atomic E-state index is -0.217. The van der Waals surface area contributed by atoms with Crippen LogP contribution in [0.4, 0.5) is 0 Å². The number of rotatable bonds is 5. The number of carbonyl (C=O) groups excluding carboxylic acids is 1. The molecule has 2 nitrogen and oxygen atoms in total. The molecule has 0 aliphatic rings. The van der Waals surface area contributed by atoms with Gasteiger partial charge < -0.3 is 4.74 Å². The van der Waals surface area contributed by atoms with Gasteiger partial charge in [-0.2, -0.15) is 0 Å². The van der Waals surface area contributed by atoms with E-state index in [0.717, 1.165) is 17.5 Å². The summed E-state index contributed by atoms with van der Waals surface area (Å²) in [6, 6.07) is 0. The van der Waals surface area contributed by atoms with Crippen LogP contribution in [0.3, 0.4) is 0 Å². The topological polar surface area (TPSA) is 26.3 Å². The first-order valence-electron chi connectivity index (χ1n) is 5.36. The van der Waals surface area contributed by atoms with Crippen molar-refractivity contribution >= 4 is 17.3 Å². The summed E-state index contributed by atoms with van der Waals surface area (Å²) in [5.41, 5.74) is 1.83. The maximum absolute atomic E-state index is 11.4. The van der Waals surface area contributed by atoms with Crippen LogP contribution < -0.4 is 0 Å². The van der Waals surface area contributed by atoms with Crippen LogP contribution >= 0.6 is 11.3 Å². The maximum Gasteiger partial charge on any atom is 0.338 e. The zero-order valence-corrected chi connectivity index (χ0v) is 10.4. The summed E-state index contributed by atoms with van der Waals surface area (Å²) < 4.78 is 4.72.